The normalized spacial score (nSPS) is 22.7. The molecule has 128 valence electrons. The zero-order valence-electron chi connectivity index (χ0n) is 14.3. The zero-order chi connectivity index (χ0) is 17.9. The molecule has 0 aliphatic carbocycles. The summed E-state index contributed by atoms with van der Waals surface area (Å²) in [7, 11) is 1.27. The van der Waals surface area contributed by atoms with Gasteiger partial charge in [-0.2, -0.15) is 0 Å². The van der Waals surface area contributed by atoms with Crippen LogP contribution in [0.1, 0.15) is 30.4 Å². The summed E-state index contributed by atoms with van der Waals surface area (Å²) in [5.74, 6) is -1.46. The van der Waals surface area contributed by atoms with Gasteiger partial charge in [-0.1, -0.05) is 67.6 Å². The van der Waals surface area contributed by atoms with Gasteiger partial charge in [0, 0.05) is 5.92 Å². The Balaban J connectivity index is 2.23. The molecule has 0 bridgehead atoms. The van der Waals surface area contributed by atoms with Gasteiger partial charge in [-0.05, 0) is 23.6 Å². The van der Waals surface area contributed by atoms with Crippen molar-refractivity contribution < 1.29 is 19.1 Å². The molecule has 2 aromatic carbocycles. The van der Waals surface area contributed by atoms with Gasteiger partial charge in [0.1, 0.15) is 5.41 Å². The Bertz CT molecular complexity index is 795. The van der Waals surface area contributed by atoms with Crippen LogP contribution in [0, 0.1) is 0 Å². The van der Waals surface area contributed by atoms with Crippen LogP contribution >= 0.6 is 0 Å². The highest BCUT2D eigenvalue weighted by Crippen LogP contribution is 2.47. The summed E-state index contributed by atoms with van der Waals surface area (Å²) in [6, 6.07) is 19.3. The highest BCUT2D eigenvalue weighted by molar-refractivity contribution is 5.95. The Kier molecular flexibility index (Phi) is 4.70. The van der Waals surface area contributed by atoms with E-state index < -0.39 is 17.4 Å². The summed E-state index contributed by atoms with van der Waals surface area (Å²) in [6.45, 7) is 1.96. The van der Waals surface area contributed by atoms with Crippen molar-refractivity contribution in [2.24, 2.45) is 0 Å². The van der Waals surface area contributed by atoms with E-state index in [1.54, 1.807) is 6.08 Å². The molecule has 1 aliphatic heterocycles. The number of carbonyl (C=O) groups is 2. The average Bonchev–Trinajstić information content (AvgIpc) is 2.68. The lowest BCUT2D eigenvalue weighted by Gasteiger charge is -2.40. The van der Waals surface area contributed by atoms with E-state index in [1.807, 2.05) is 67.6 Å². The molecule has 1 aliphatic rings. The fraction of sp³-hybridized carbons (Fsp3) is 0.238. The number of esters is 2. The molecule has 0 saturated heterocycles. The molecule has 3 rings (SSSR count). The van der Waals surface area contributed by atoms with Crippen molar-refractivity contribution in [3.8, 4) is 0 Å². The number of benzene rings is 2. The number of methoxy groups -OCH3 is 1. The Morgan fingerprint density at radius 2 is 1.68 bits per heavy atom. The monoisotopic (exact) mass is 336 g/mol. The van der Waals surface area contributed by atoms with Gasteiger partial charge in [0.2, 0.25) is 5.76 Å². The maximum Gasteiger partial charge on any atom is 0.373 e. The second kappa shape index (κ2) is 6.93. The molecular weight excluding hydrogens is 316 g/mol. The van der Waals surface area contributed by atoms with Crippen molar-refractivity contribution in [2.75, 3.05) is 7.11 Å². The summed E-state index contributed by atoms with van der Waals surface area (Å²) < 4.78 is 10.1. The van der Waals surface area contributed by atoms with Crippen LogP contribution in [0.2, 0.25) is 0 Å². The van der Waals surface area contributed by atoms with Crippen LogP contribution in [0.5, 0.6) is 0 Å². The number of rotatable bonds is 4. The summed E-state index contributed by atoms with van der Waals surface area (Å²) in [6.07, 6.45) is 2.25. The van der Waals surface area contributed by atoms with Crippen LogP contribution in [0.25, 0.3) is 0 Å². The van der Waals surface area contributed by atoms with Crippen molar-refractivity contribution in [3.63, 3.8) is 0 Å². The van der Waals surface area contributed by atoms with E-state index in [4.69, 9.17) is 9.47 Å². The van der Waals surface area contributed by atoms with E-state index in [0.29, 0.717) is 6.42 Å². The summed E-state index contributed by atoms with van der Waals surface area (Å²) in [5, 5.41) is 0. The van der Waals surface area contributed by atoms with Gasteiger partial charge in [-0.25, -0.2) is 4.79 Å². The molecule has 2 aromatic rings. The number of hydrogen-bond donors (Lipinski definition) is 0. The molecule has 4 nitrogen and oxygen atoms in total. The Hall–Kier alpha value is -2.88. The van der Waals surface area contributed by atoms with Crippen molar-refractivity contribution >= 4 is 11.9 Å². The van der Waals surface area contributed by atoms with Crippen LogP contribution in [-0.2, 0) is 24.5 Å². The van der Waals surface area contributed by atoms with Gasteiger partial charge >= 0.3 is 11.9 Å². The lowest BCUT2D eigenvalue weighted by Crippen LogP contribution is -2.45. The molecule has 0 spiro atoms. The molecule has 0 amide bonds. The first-order valence-corrected chi connectivity index (χ1v) is 8.26. The third-order valence-electron chi connectivity index (χ3n) is 4.81. The zero-order valence-corrected chi connectivity index (χ0v) is 14.3. The van der Waals surface area contributed by atoms with Crippen LogP contribution < -0.4 is 0 Å². The number of carbonyl (C=O) groups excluding carboxylic acids is 2. The van der Waals surface area contributed by atoms with Gasteiger partial charge < -0.3 is 9.47 Å². The van der Waals surface area contributed by atoms with E-state index in [2.05, 4.69) is 0 Å². The third kappa shape index (κ3) is 2.84. The molecule has 0 unspecified atom stereocenters. The van der Waals surface area contributed by atoms with E-state index in [0.717, 1.165) is 11.1 Å². The van der Waals surface area contributed by atoms with Gasteiger partial charge in [0.15, 0.2) is 0 Å². The molecule has 1 heterocycles. The van der Waals surface area contributed by atoms with Crippen molar-refractivity contribution in [1.82, 2.24) is 0 Å². The van der Waals surface area contributed by atoms with Gasteiger partial charge in [0.05, 0.1) is 7.11 Å². The Morgan fingerprint density at radius 1 is 1.08 bits per heavy atom. The topological polar surface area (TPSA) is 52.6 Å². The van der Waals surface area contributed by atoms with Gasteiger partial charge in [-0.3, -0.25) is 4.79 Å². The quantitative estimate of drug-likeness (QED) is 0.798. The van der Waals surface area contributed by atoms with E-state index in [1.165, 1.54) is 7.11 Å². The molecule has 0 radical (unpaired) electrons. The SMILES string of the molecule is CC[C@@]1(c2ccccc2)C(=O)OC(C(=O)OC)=C[C@@H]1c1ccccc1. The lowest BCUT2D eigenvalue weighted by atomic mass is 9.64. The molecule has 25 heavy (non-hydrogen) atoms. The minimum absolute atomic E-state index is 0.0543. The molecule has 2 atom stereocenters. The van der Waals surface area contributed by atoms with Gasteiger partial charge in [0.25, 0.3) is 0 Å². The van der Waals surface area contributed by atoms with E-state index >= 15 is 0 Å². The highest BCUT2D eigenvalue weighted by Gasteiger charge is 2.51. The van der Waals surface area contributed by atoms with E-state index in [-0.39, 0.29) is 11.7 Å². The summed E-state index contributed by atoms with van der Waals surface area (Å²) >= 11 is 0. The third-order valence-corrected chi connectivity index (χ3v) is 4.81. The van der Waals surface area contributed by atoms with Crippen molar-refractivity contribution in [1.29, 1.82) is 0 Å². The largest absolute Gasteiger partial charge is 0.463 e. The smallest absolute Gasteiger partial charge is 0.373 e. The summed E-state index contributed by atoms with van der Waals surface area (Å²) in [4.78, 5) is 25.0. The molecule has 0 N–H and O–H groups in total. The number of allylic oxidation sites excluding steroid dienone is 1. The molecule has 4 heteroatoms. The van der Waals surface area contributed by atoms with Crippen LogP contribution in [0.15, 0.2) is 72.5 Å². The Morgan fingerprint density at radius 3 is 2.24 bits per heavy atom. The molecule has 0 saturated carbocycles. The van der Waals surface area contributed by atoms with Gasteiger partial charge in [-0.15, -0.1) is 0 Å². The first kappa shape index (κ1) is 17.0. The van der Waals surface area contributed by atoms with E-state index in [9.17, 15) is 9.59 Å². The molecule has 0 fully saturated rings. The summed E-state index contributed by atoms with van der Waals surface area (Å²) in [5.41, 5.74) is 0.933. The number of cyclic esters (lactones) is 1. The predicted molar refractivity (Wildman–Crippen MR) is 93.8 cm³/mol. The minimum atomic E-state index is -0.889. The maximum atomic E-state index is 13.1. The van der Waals surface area contributed by atoms with Crippen LogP contribution in [-0.4, -0.2) is 19.0 Å². The fourth-order valence-electron chi connectivity index (χ4n) is 3.50. The standard InChI is InChI=1S/C21H20O4/c1-3-21(16-12-8-5-9-13-16)17(15-10-6-4-7-11-15)14-18(19(22)24-2)25-20(21)23/h4-14,17H,3H2,1-2H3/t17-,21+/m1/s1. The molecular formula is C21H20O4. The van der Waals surface area contributed by atoms with Crippen molar-refractivity contribution in [3.05, 3.63) is 83.6 Å². The van der Waals surface area contributed by atoms with Crippen LogP contribution in [0.4, 0.5) is 0 Å². The van der Waals surface area contributed by atoms with Crippen LogP contribution in [0.3, 0.4) is 0 Å². The second-order valence-corrected chi connectivity index (χ2v) is 5.99. The first-order chi connectivity index (χ1) is 12.1. The predicted octanol–water partition coefficient (Wildman–Crippen LogP) is 3.73. The first-order valence-electron chi connectivity index (χ1n) is 8.26. The fourth-order valence-corrected chi connectivity index (χ4v) is 3.50. The minimum Gasteiger partial charge on any atom is -0.463 e. The second-order valence-electron chi connectivity index (χ2n) is 5.99. The molecule has 0 aromatic heterocycles. The maximum absolute atomic E-state index is 13.1. The average molecular weight is 336 g/mol. The highest BCUT2D eigenvalue weighted by atomic mass is 16.6. The lowest BCUT2D eigenvalue weighted by molar-refractivity contribution is -0.156. The Labute approximate surface area is 147 Å². The van der Waals surface area contributed by atoms with Crippen molar-refractivity contribution in [2.45, 2.75) is 24.7 Å². The number of ether oxygens (including phenoxy) is 2. The number of hydrogen-bond acceptors (Lipinski definition) is 4.